The number of fused-ring (bicyclic) bond motifs is 1. The second-order valence-electron chi connectivity index (χ2n) is 4.22. The van der Waals surface area contributed by atoms with Gasteiger partial charge in [-0.2, -0.15) is 33.3 Å². The van der Waals surface area contributed by atoms with Crippen molar-refractivity contribution >= 4 is 10.9 Å². The summed E-state index contributed by atoms with van der Waals surface area (Å²) >= 11 is 0. The molecule has 3 heterocycles. The fourth-order valence-electron chi connectivity index (χ4n) is 1.97. The molecule has 0 saturated heterocycles. The average Bonchev–Trinajstić information content (AvgIpc) is 2.94. The molecule has 3 aromatic rings. The van der Waals surface area contributed by atoms with E-state index in [1.54, 1.807) is 7.05 Å². The molecule has 0 unspecified atom stereocenters. The predicted molar refractivity (Wildman–Crippen MR) is 62.6 cm³/mol. The molecule has 0 bridgehead atoms. The highest BCUT2D eigenvalue weighted by atomic mass is 19.4. The van der Waals surface area contributed by atoms with E-state index in [2.05, 4.69) is 20.3 Å². The lowest BCUT2D eigenvalue weighted by molar-refractivity contribution is -0.140. The fraction of sp³-hybridized carbons (Fsp3) is 0.273. The highest BCUT2D eigenvalue weighted by Gasteiger charge is 2.36. The van der Waals surface area contributed by atoms with Crippen LogP contribution in [0.15, 0.2) is 24.7 Å². The quantitative estimate of drug-likeness (QED) is 0.716. The molecule has 0 aromatic carbocycles. The summed E-state index contributed by atoms with van der Waals surface area (Å²) in [5.41, 5.74) is -0.0510. The Morgan fingerprint density at radius 2 is 2.00 bits per heavy atom. The van der Waals surface area contributed by atoms with Gasteiger partial charge < -0.3 is 0 Å². The third-order valence-electron chi connectivity index (χ3n) is 2.78. The first kappa shape index (κ1) is 12.6. The molecule has 104 valence electrons. The highest BCUT2D eigenvalue weighted by molar-refractivity contribution is 5.81. The van der Waals surface area contributed by atoms with Gasteiger partial charge in [0.15, 0.2) is 5.69 Å². The van der Waals surface area contributed by atoms with E-state index in [4.69, 9.17) is 0 Å². The average molecular weight is 282 g/mol. The molecule has 0 aliphatic rings. The maximum absolute atomic E-state index is 12.9. The summed E-state index contributed by atoms with van der Waals surface area (Å²) in [7, 11) is 1.63. The second-order valence-corrected chi connectivity index (χ2v) is 4.22. The second kappa shape index (κ2) is 4.29. The van der Waals surface area contributed by atoms with Gasteiger partial charge in [-0.1, -0.05) is 0 Å². The largest absolute Gasteiger partial charge is 0.435 e. The van der Waals surface area contributed by atoms with Crippen molar-refractivity contribution in [3.05, 3.63) is 36.0 Å². The molecule has 0 fully saturated rings. The Labute approximate surface area is 110 Å². The van der Waals surface area contributed by atoms with Crippen LogP contribution in [0.2, 0.25) is 0 Å². The lowest BCUT2D eigenvalue weighted by Gasteiger charge is -2.01. The van der Waals surface area contributed by atoms with E-state index < -0.39 is 11.9 Å². The maximum Gasteiger partial charge on any atom is 0.435 e. The molecule has 0 saturated carbocycles. The minimum absolute atomic E-state index is 0.0242. The molecule has 0 radical (unpaired) electrons. The molecule has 3 rings (SSSR count). The zero-order valence-corrected chi connectivity index (χ0v) is 10.3. The van der Waals surface area contributed by atoms with Crippen LogP contribution in [0.1, 0.15) is 11.4 Å². The molecule has 6 nitrogen and oxygen atoms in total. The molecular weight excluding hydrogens is 273 g/mol. The van der Waals surface area contributed by atoms with Gasteiger partial charge in [-0.25, -0.2) is 0 Å². The van der Waals surface area contributed by atoms with Crippen LogP contribution in [0.3, 0.4) is 0 Å². The van der Waals surface area contributed by atoms with Gasteiger partial charge in [0, 0.05) is 19.4 Å². The SMILES string of the molecule is Cn1ncc(Cn2nc(C(F)(F)F)c3cnccc32)n1. The van der Waals surface area contributed by atoms with Crippen molar-refractivity contribution < 1.29 is 13.2 Å². The van der Waals surface area contributed by atoms with E-state index in [0.29, 0.717) is 11.2 Å². The summed E-state index contributed by atoms with van der Waals surface area (Å²) < 4.78 is 40.1. The number of aromatic nitrogens is 6. The summed E-state index contributed by atoms with van der Waals surface area (Å²) in [6.45, 7) is 0.116. The van der Waals surface area contributed by atoms with E-state index in [-0.39, 0.29) is 11.9 Å². The molecule has 0 spiro atoms. The van der Waals surface area contributed by atoms with E-state index >= 15 is 0 Å². The van der Waals surface area contributed by atoms with E-state index in [9.17, 15) is 13.2 Å². The van der Waals surface area contributed by atoms with E-state index in [1.165, 1.54) is 34.1 Å². The molecule has 0 aliphatic heterocycles. The molecule has 0 aliphatic carbocycles. The van der Waals surface area contributed by atoms with Gasteiger partial charge in [0.25, 0.3) is 0 Å². The van der Waals surface area contributed by atoms with Crippen LogP contribution >= 0.6 is 0 Å². The number of hydrogen-bond acceptors (Lipinski definition) is 4. The number of nitrogens with zero attached hydrogens (tertiary/aromatic N) is 6. The van der Waals surface area contributed by atoms with E-state index in [0.717, 1.165) is 0 Å². The first-order chi connectivity index (χ1) is 9.45. The zero-order valence-electron chi connectivity index (χ0n) is 10.3. The summed E-state index contributed by atoms with van der Waals surface area (Å²) in [6.07, 6.45) is -0.438. The molecule has 20 heavy (non-hydrogen) atoms. The molecule has 0 N–H and O–H groups in total. The van der Waals surface area contributed by atoms with Crippen LogP contribution in [-0.2, 0) is 19.8 Å². The molecule has 0 amide bonds. The topological polar surface area (TPSA) is 61.4 Å². The summed E-state index contributed by atoms with van der Waals surface area (Å²) in [4.78, 5) is 5.07. The Morgan fingerprint density at radius 3 is 2.65 bits per heavy atom. The van der Waals surface area contributed by atoms with E-state index in [1.807, 2.05) is 0 Å². The standard InChI is InChI=1S/C11H9F3N6/c1-19-16-4-7(17-19)6-20-9-2-3-15-5-8(9)10(18-20)11(12,13)14/h2-5H,6H2,1H3. The zero-order chi connectivity index (χ0) is 14.3. The number of rotatable bonds is 2. The van der Waals surface area contributed by atoms with Gasteiger partial charge >= 0.3 is 6.18 Å². The van der Waals surface area contributed by atoms with Gasteiger partial charge in [0.2, 0.25) is 0 Å². The van der Waals surface area contributed by atoms with Crippen molar-refractivity contribution in [1.82, 2.24) is 29.8 Å². The van der Waals surface area contributed by atoms with Crippen LogP contribution in [-0.4, -0.2) is 29.8 Å². The van der Waals surface area contributed by atoms with Crippen molar-refractivity contribution in [2.75, 3.05) is 0 Å². The van der Waals surface area contributed by atoms with Crippen LogP contribution < -0.4 is 0 Å². The van der Waals surface area contributed by atoms with Crippen molar-refractivity contribution in [2.45, 2.75) is 12.7 Å². The minimum atomic E-state index is -4.52. The first-order valence-electron chi connectivity index (χ1n) is 5.68. The molecule has 3 aromatic heterocycles. The van der Waals surface area contributed by atoms with Crippen molar-refractivity contribution in [3.8, 4) is 0 Å². The van der Waals surface area contributed by atoms with Gasteiger partial charge in [-0.3, -0.25) is 9.67 Å². The predicted octanol–water partition coefficient (Wildman–Crippen LogP) is 1.63. The molecule has 9 heteroatoms. The lowest BCUT2D eigenvalue weighted by Crippen LogP contribution is -2.09. The fourth-order valence-corrected chi connectivity index (χ4v) is 1.97. The Kier molecular flexibility index (Phi) is 2.70. The summed E-state index contributed by atoms with van der Waals surface area (Å²) in [6, 6.07) is 1.49. The number of pyridine rings is 1. The van der Waals surface area contributed by atoms with Crippen molar-refractivity contribution in [3.63, 3.8) is 0 Å². The van der Waals surface area contributed by atoms with Crippen LogP contribution in [0.5, 0.6) is 0 Å². The number of hydrogen-bond donors (Lipinski definition) is 0. The number of alkyl halides is 3. The Bertz CT molecular complexity index is 757. The van der Waals surface area contributed by atoms with Gasteiger partial charge in [-0.05, 0) is 6.07 Å². The monoisotopic (exact) mass is 282 g/mol. The van der Waals surface area contributed by atoms with Crippen molar-refractivity contribution in [1.29, 1.82) is 0 Å². The summed E-state index contributed by atoms with van der Waals surface area (Å²) in [5, 5.41) is 11.5. The number of aryl methyl sites for hydroxylation is 1. The Balaban J connectivity index is 2.11. The van der Waals surface area contributed by atoms with Crippen molar-refractivity contribution in [2.24, 2.45) is 7.05 Å². The maximum atomic E-state index is 12.9. The molecular formula is C11H9F3N6. The highest BCUT2D eigenvalue weighted by Crippen LogP contribution is 2.33. The van der Waals surface area contributed by atoms with Gasteiger partial charge in [0.05, 0.1) is 23.6 Å². The lowest BCUT2D eigenvalue weighted by atomic mass is 10.2. The van der Waals surface area contributed by atoms with Crippen LogP contribution in [0, 0.1) is 0 Å². The van der Waals surface area contributed by atoms with Gasteiger partial charge in [-0.15, -0.1) is 0 Å². The Morgan fingerprint density at radius 1 is 1.20 bits per heavy atom. The first-order valence-corrected chi connectivity index (χ1v) is 5.68. The third kappa shape index (κ3) is 2.10. The minimum Gasteiger partial charge on any atom is -0.264 e. The number of halogens is 3. The smallest absolute Gasteiger partial charge is 0.264 e. The van der Waals surface area contributed by atoms with Gasteiger partial charge in [0.1, 0.15) is 5.69 Å². The van der Waals surface area contributed by atoms with Crippen LogP contribution in [0.25, 0.3) is 10.9 Å². The Hall–Kier alpha value is -2.45. The third-order valence-corrected chi connectivity index (χ3v) is 2.78. The normalized spacial score (nSPS) is 12.2. The summed E-state index contributed by atoms with van der Waals surface area (Å²) in [5.74, 6) is 0. The van der Waals surface area contributed by atoms with Crippen LogP contribution in [0.4, 0.5) is 13.2 Å². The molecule has 0 atom stereocenters.